The third-order valence-electron chi connectivity index (χ3n) is 3.77. The topological polar surface area (TPSA) is 29.5 Å². The highest BCUT2D eigenvalue weighted by Gasteiger charge is 2.06. The van der Waals surface area contributed by atoms with Gasteiger partial charge >= 0.3 is 0 Å². The van der Waals surface area contributed by atoms with Gasteiger partial charge in [0.25, 0.3) is 0 Å². The molecule has 1 aliphatic carbocycles. The van der Waals surface area contributed by atoms with Gasteiger partial charge in [0.1, 0.15) is 11.5 Å². The SMILES string of the molecule is COc1ccc2/c(c1)=C\CC\C(c1ccccc1)=C\C=2O. The Kier molecular flexibility index (Phi) is 3.78. The summed E-state index contributed by atoms with van der Waals surface area (Å²) in [4.78, 5) is 0. The molecule has 1 aliphatic rings. The Hall–Kier alpha value is -2.48. The van der Waals surface area contributed by atoms with Gasteiger partial charge in [0.05, 0.1) is 7.11 Å². The Balaban J connectivity index is 2.15. The van der Waals surface area contributed by atoms with Gasteiger partial charge in [-0.2, -0.15) is 0 Å². The predicted octanol–water partition coefficient (Wildman–Crippen LogP) is 3.02. The van der Waals surface area contributed by atoms with Crippen LogP contribution in [-0.2, 0) is 0 Å². The lowest BCUT2D eigenvalue weighted by Crippen LogP contribution is -2.27. The standard InChI is InChI=1S/C19H18O2/c1-21-17-10-11-18-16(12-17)9-5-8-15(13-19(18)20)14-6-3-2-4-7-14/h2-4,6-7,9-13,20H,5,8H2,1H3/b15-13-,16-9-,19-18+. The van der Waals surface area contributed by atoms with Gasteiger partial charge in [-0.1, -0.05) is 36.4 Å². The van der Waals surface area contributed by atoms with Gasteiger partial charge in [-0.05, 0) is 53.5 Å². The van der Waals surface area contributed by atoms with E-state index in [-0.39, 0.29) is 0 Å². The van der Waals surface area contributed by atoms with E-state index < -0.39 is 0 Å². The molecule has 0 aromatic heterocycles. The highest BCUT2D eigenvalue weighted by Crippen LogP contribution is 2.22. The molecule has 0 fully saturated rings. The monoisotopic (exact) mass is 278 g/mol. The zero-order chi connectivity index (χ0) is 14.7. The molecule has 0 saturated carbocycles. The highest BCUT2D eigenvalue weighted by atomic mass is 16.5. The lowest BCUT2D eigenvalue weighted by atomic mass is 9.97. The number of aliphatic hydroxyl groups is 1. The average molecular weight is 278 g/mol. The minimum Gasteiger partial charge on any atom is -0.507 e. The smallest absolute Gasteiger partial charge is 0.123 e. The highest BCUT2D eigenvalue weighted by molar-refractivity contribution is 5.74. The van der Waals surface area contributed by atoms with Crippen LogP contribution in [0.4, 0.5) is 0 Å². The molecular formula is C19H18O2. The van der Waals surface area contributed by atoms with E-state index >= 15 is 0 Å². The summed E-state index contributed by atoms with van der Waals surface area (Å²) in [6.45, 7) is 0. The molecule has 0 amide bonds. The van der Waals surface area contributed by atoms with Crippen molar-refractivity contribution in [1.82, 2.24) is 0 Å². The van der Waals surface area contributed by atoms with Crippen molar-refractivity contribution < 1.29 is 9.84 Å². The normalized spacial score (nSPS) is 21.0. The molecule has 0 radical (unpaired) electrons. The number of allylic oxidation sites excluding steroid dienone is 1. The number of fused-ring (bicyclic) bond motifs is 1. The first-order valence-electron chi connectivity index (χ1n) is 7.11. The van der Waals surface area contributed by atoms with Crippen molar-refractivity contribution >= 4 is 17.4 Å². The first-order chi connectivity index (χ1) is 10.3. The predicted molar refractivity (Wildman–Crippen MR) is 86.4 cm³/mol. The van der Waals surface area contributed by atoms with Crippen molar-refractivity contribution in [2.75, 3.05) is 7.11 Å². The summed E-state index contributed by atoms with van der Waals surface area (Å²) in [5.41, 5.74) is 2.32. The van der Waals surface area contributed by atoms with Crippen molar-refractivity contribution in [3.8, 4) is 5.75 Å². The van der Waals surface area contributed by atoms with Gasteiger partial charge in [-0.15, -0.1) is 0 Å². The molecule has 0 heterocycles. The Morgan fingerprint density at radius 1 is 1.05 bits per heavy atom. The van der Waals surface area contributed by atoms with Crippen LogP contribution in [0, 0.1) is 0 Å². The van der Waals surface area contributed by atoms with Crippen LogP contribution in [0.2, 0.25) is 0 Å². The minimum atomic E-state index is 0.308. The Morgan fingerprint density at radius 2 is 1.86 bits per heavy atom. The van der Waals surface area contributed by atoms with Crippen LogP contribution in [0.1, 0.15) is 18.4 Å². The average Bonchev–Trinajstić information content (AvgIpc) is 2.52. The summed E-state index contributed by atoms with van der Waals surface area (Å²) in [5.74, 6) is 1.12. The quantitative estimate of drug-likeness (QED) is 0.915. The molecule has 0 aliphatic heterocycles. The van der Waals surface area contributed by atoms with Crippen molar-refractivity contribution in [3.05, 3.63) is 70.6 Å². The van der Waals surface area contributed by atoms with E-state index in [4.69, 9.17) is 4.74 Å². The van der Waals surface area contributed by atoms with E-state index in [9.17, 15) is 5.11 Å². The third-order valence-corrected chi connectivity index (χ3v) is 3.77. The first kappa shape index (κ1) is 13.5. The lowest BCUT2D eigenvalue weighted by Gasteiger charge is -2.09. The Labute approximate surface area is 124 Å². The molecule has 2 heteroatoms. The summed E-state index contributed by atoms with van der Waals surface area (Å²) >= 11 is 0. The van der Waals surface area contributed by atoms with Gasteiger partial charge < -0.3 is 9.84 Å². The fourth-order valence-corrected chi connectivity index (χ4v) is 2.65. The molecule has 1 N–H and O–H groups in total. The molecule has 0 atom stereocenters. The van der Waals surface area contributed by atoms with E-state index in [1.165, 1.54) is 0 Å². The van der Waals surface area contributed by atoms with Crippen molar-refractivity contribution in [2.45, 2.75) is 12.8 Å². The van der Waals surface area contributed by atoms with Crippen molar-refractivity contribution in [3.63, 3.8) is 0 Å². The maximum Gasteiger partial charge on any atom is 0.123 e. The third kappa shape index (κ3) is 2.84. The number of ether oxygens (including phenoxy) is 1. The number of aliphatic hydroxyl groups excluding tert-OH is 1. The molecule has 0 saturated heterocycles. The first-order valence-corrected chi connectivity index (χ1v) is 7.11. The molecule has 2 aromatic carbocycles. The van der Waals surface area contributed by atoms with E-state index in [2.05, 4.69) is 18.2 Å². The van der Waals surface area contributed by atoms with Crippen molar-refractivity contribution in [2.24, 2.45) is 0 Å². The maximum absolute atomic E-state index is 10.4. The van der Waals surface area contributed by atoms with E-state index in [1.807, 2.05) is 42.5 Å². The summed E-state index contributed by atoms with van der Waals surface area (Å²) in [7, 11) is 1.65. The van der Waals surface area contributed by atoms with Crippen LogP contribution in [0.25, 0.3) is 17.4 Å². The Bertz CT molecular complexity index is 786. The van der Waals surface area contributed by atoms with Crippen LogP contribution in [0.15, 0.2) is 54.6 Å². The summed E-state index contributed by atoms with van der Waals surface area (Å²) in [6.07, 6.45) is 5.89. The van der Waals surface area contributed by atoms with E-state index in [1.54, 1.807) is 7.11 Å². The zero-order valence-electron chi connectivity index (χ0n) is 12.0. The minimum absolute atomic E-state index is 0.308. The zero-order valence-corrected chi connectivity index (χ0v) is 12.0. The van der Waals surface area contributed by atoms with Crippen LogP contribution in [0.5, 0.6) is 5.75 Å². The second kappa shape index (κ2) is 5.88. The second-order valence-electron chi connectivity index (χ2n) is 5.12. The Morgan fingerprint density at radius 3 is 2.62 bits per heavy atom. The fraction of sp³-hybridized carbons (Fsp3) is 0.158. The molecule has 3 rings (SSSR count). The number of hydrogen-bond acceptors (Lipinski definition) is 2. The van der Waals surface area contributed by atoms with Gasteiger partial charge in [-0.25, -0.2) is 0 Å². The number of benzene rings is 2. The second-order valence-corrected chi connectivity index (χ2v) is 5.12. The van der Waals surface area contributed by atoms with E-state index in [0.29, 0.717) is 5.76 Å². The van der Waals surface area contributed by atoms with Crippen LogP contribution in [-0.4, -0.2) is 12.2 Å². The molecule has 2 aromatic rings. The summed E-state index contributed by atoms with van der Waals surface area (Å²) in [5, 5.41) is 12.3. The van der Waals surface area contributed by atoms with Gasteiger partial charge in [-0.3, -0.25) is 0 Å². The number of hydrogen-bond donors (Lipinski definition) is 1. The molecule has 21 heavy (non-hydrogen) atoms. The molecule has 106 valence electrons. The summed E-state index contributed by atoms with van der Waals surface area (Å²) < 4.78 is 5.25. The maximum atomic E-state index is 10.4. The lowest BCUT2D eigenvalue weighted by molar-refractivity contribution is 0.414. The van der Waals surface area contributed by atoms with Gasteiger partial charge in [0.15, 0.2) is 0 Å². The van der Waals surface area contributed by atoms with Crippen LogP contribution >= 0.6 is 0 Å². The number of methoxy groups -OCH3 is 1. The molecule has 2 nitrogen and oxygen atoms in total. The molecule has 0 unspecified atom stereocenters. The van der Waals surface area contributed by atoms with Crippen molar-refractivity contribution in [1.29, 1.82) is 0 Å². The molecular weight excluding hydrogens is 260 g/mol. The molecule has 0 bridgehead atoms. The van der Waals surface area contributed by atoms with E-state index in [0.717, 1.165) is 40.2 Å². The largest absolute Gasteiger partial charge is 0.507 e. The van der Waals surface area contributed by atoms with Crippen LogP contribution < -0.4 is 15.2 Å². The fourth-order valence-electron chi connectivity index (χ4n) is 2.65. The van der Waals surface area contributed by atoms with Crippen LogP contribution in [0.3, 0.4) is 0 Å². The molecule has 0 spiro atoms. The summed E-state index contributed by atoms with van der Waals surface area (Å²) in [6, 6.07) is 16.0. The number of rotatable bonds is 2. The van der Waals surface area contributed by atoms with Gasteiger partial charge in [0.2, 0.25) is 0 Å². The van der Waals surface area contributed by atoms with Gasteiger partial charge in [0, 0.05) is 5.22 Å².